The van der Waals surface area contributed by atoms with Gasteiger partial charge in [0.1, 0.15) is 5.75 Å². The summed E-state index contributed by atoms with van der Waals surface area (Å²) < 4.78 is 6.14. The first-order chi connectivity index (χ1) is 12.1. The summed E-state index contributed by atoms with van der Waals surface area (Å²) in [5.41, 5.74) is 1.97. The molecule has 2 aromatic rings. The summed E-state index contributed by atoms with van der Waals surface area (Å²) in [6.45, 7) is 2.08. The van der Waals surface area contributed by atoms with E-state index in [2.05, 4.69) is 17.2 Å². The maximum absolute atomic E-state index is 12.6. The lowest BCUT2D eigenvalue weighted by atomic mass is 10.1. The summed E-state index contributed by atoms with van der Waals surface area (Å²) in [6, 6.07) is 5.53. The van der Waals surface area contributed by atoms with E-state index in [4.69, 9.17) is 27.9 Å². The predicted molar refractivity (Wildman–Crippen MR) is 101 cm³/mol. The van der Waals surface area contributed by atoms with Crippen molar-refractivity contribution in [3.63, 3.8) is 0 Å². The molecule has 1 aliphatic rings. The first kappa shape index (κ1) is 18.0. The normalized spacial score (nSPS) is 14.5. The Hall–Kier alpha value is -1.78. The van der Waals surface area contributed by atoms with Gasteiger partial charge in [-0.1, -0.05) is 36.2 Å². The molecule has 25 heavy (non-hydrogen) atoms. The van der Waals surface area contributed by atoms with Crippen molar-refractivity contribution in [1.82, 2.24) is 4.98 Å². The summed E-state index contributed by atoms with van der Waals surface area (Å²) in [4.78, 5) is 16.5. The minimum Gasteiger partial charge on any atom is -0.490 e. The summed E-state index contributed by atoms with van der Waals surface area (Å²) in [7, 11) is 0. The van der Waals surface area contributed by atoms with E-state index in [-0.39, 0.29) is 12.0 Å². The maximum Gasteiger partial charge on any atom is 0.255 e. The van der Waals surface area contributed by atoms with Gasteiger partial charge in [0.15, 0.2) is 0 Å². The van der Waals surface area contributed by atoms with E-state index in [1.807, 2.05) is 6.07 Å². The molecule has 1 N–H and O–H groups in total. The molecule has 0 saturated heterocycles. The van der Waals surface area contributed by atoms with Gasteiger partial charge < -0.3 is 10.1 Å². The van der Waals surface area contributed by atoms with Gasteiger partial charge in [0.25, 0.3) is 5.91 Å². The van der Waals surface area contributed by atoms with E-state index in [0.717, 1.165) is 30.6 Å². The Morgan fingerprint density at radius 3 is 2.56 bits per heavy atom. The number of nitrogens with zero attached hydrogens (tertiary/aromatic N) is 1. The number of hydrogen-bond acceptors (Lipinski definition) is 3. The van der Waals surface area contributed by atoms with Crippen LogP contribution in [0.5, 0.6) is 5.75 Å². The van der Waals surface area contributed by atoms with Crippen molar-refractivity contribution in [2.24, 2.45) is 0 Å². The second-order valence-electron chi connectivity index (χ2n) is 6.13. The summed E-state index contributed by atoms with van der Waals surface area (Å²) >= 11 is 12.1. The molecule has 1 fully saturated rings. The Morgan fingerprint density at radius 2 is 1.92 bits per heavy atom. The zero-order valence-corrected chi connectivity index (χ0v) is 15.5. The average Bonchev–Trinajstić information content (AvgIpc) is 3.11. The molecule has 1 aliphatic carbocycles. The smallest absolute Gasteiger partial charge is 0.255 e. The van der Waals surface area contributed by atoms with Gasteiger partial charge in [-0.15, -0.1) is 0 Å². The molecule has 0 unspecified atom stereocenters. The molecule has 1 saturated carbocycles. The molecule has 0 spiro atoms. The number of nitrogens with one attached hydrogen (secondary N) is 1. The third kappa shape index (κ3) is 4.25. The van der Waals surface area contributed by atoms with Crippen molar-refractivity contribution in [3.05, 3.63) is 51.8 Å². The first-order valence-electron chi connectivity index (χ1n) is 8.48. The Morgan fingerprint density at radius 1 is 1.24 bits per heavy atom. The van der Waals surface area contributed by atoms with Crippen molar-refractivity contribution in [2.75, 3.05) is 5.32 Å². The van der Waals surface area contributed by atoms with E-state index in [1.165, 1.54) is 25.2 Å². The molecule has 3 rings (SSSR count). The number of ether oxygens (including phenoxy) is 1. The van der Waals surface area contributed by atoms with E-state index in [0.29, 0.717) is 21.3 Å². The number of amides is 1. The van der Waals surface area contributed by atoms with Crippen LogP contribution >= 0.6 is 23.2 Å². The third-order valence-electron chi connectivity index (χ3n) is 4.40. The Balaban J connectivity index is 1.82. The highest BCUT2D eigenvalue weighted by Gasteiger charge is 2.19. The van der Waals surface area contributed by atoms with Gasteiger partial charge in [-0.3, -0.25) is 9.78 Å². The number of aryl methyl sites for hydroxylation is 1. The van der Waals surface area contributed by atoms with Crippen LogP contribution in [0, 0.1) is 0 Å². The number of anilines is 1. The molecule has 1 amide bonds. The molecule has 132 valence electrons. The highest BCUT2D eigenvalue weighted by atomic mass is 35.5. The van der Waals surface area contributed by atoms with E-state index < -0.39 is 0 Å². The fraction of sp³-hybridized carbons (Fsp3) is 0.368. The van der Waals surface area contributed by atoms with Crippen LogP contribution in [0.4, 0.5) is 5.69 Å². The SMILES string of the molecule is CCc1ccc(C(=O)Nc2c(Cl)cncc2Cl)cc1OC1CCCC1. The van der Waals surface area contributed by atoms with Crippen molar-refractivity contribution >= 4 is 34.8 Å². The lowest BCUT2D eigenvalue weighted by Gasteiger charge is -2.17. The van der Waals surface area contributed by atoms with Gasteiger partial charge in [-0.25, -0.2) is 0 Å². The Kier molecular flexibility index (Phi) is 5.82. The monoisotopic (exact) mass is 378 g/mol. The fourth-order valence-electron chi connectivity index (χ4n) is 3.00. The summed E-state index contributed by atoms with van der Waals surface area (Å²) in [6.07, 6.45) is 8.52. The molecular formula is C19H20Cl2N2O2. The van der Waals surface area contributed by atoms with Gasteiger partial charge in [0.05, 0.1) is 21.8 Å². The second kappa shape index (κ2) is 8.07. The molecule has 0 atom stereocenters. The number of halogens is 2. The number of aromatic nitrogens is 1. The van der Waals surface area contributed by atoms with Crippen molar-refractivity contribution < 1.29 is 9.53 Å². The Bertz CT molecular complexity index is 754. The highest BCUT2D eigenvalue weighted by molar-refractivity contribution is 6.39. The van der Waals surface area contributed by atoms with Crippen molar-refractivity contribution in [2.45, 2.75) is 45.1 Å². The number of carbonyl (C=O) groups is 1. The number of rotatable bonds is 5. The number of benzene rings is 1. The lowest BCUT2D eigenvalue weighted by molar-refractivity contribution is 0.102. The van der Waals surface area contributed by atoms with Gasteiger partial charge in [0.2, 0.25) is 0 Å². The van der Waals surface area contributed by atoms with E-state index in [1.54, 1.807) is 12.1 Å². The summed E-state index contributed by atoms with van der Waals surface area (Å²) in [5, 5.41) is 3.35. The highest BCUT2D eigenvalue weighted by Crippen LogP contribution is 2.31. The molecule has 6 heteroatoms. The number of carbonyl (C=O) groups excluding carboxylic acids is 1. The van der Waals surface area contributed by atoms with Gasteiger partial charge in [0, 0.05) is 18.0 Å². The quantitative estimate of drug-likeness (QED) is 0.744. The molecule has 1 aromatic heterocycles. The van der Waals surface area contributed by atoms with E-state index >= 15 is 0 Å². The first-order valence-corrected chi connectivity index (χ1v) is 9.24. The molecule has 0 bridgehead atoms. The van der Waals surface area contributed by atoms with Crippen LogP contribution in [-0.2, 0) is 6.42 Å². The van der Waals surface area contributed by atoms with Crippen LogP contribution in [0.25, 0.3) is 0 Å². The molecular weight excluding hydrogens is 359 g/mol. The van der Waals surface area contributed by atoms with Crippen molar-refractivity contribution in [1.29, 1.82) is 0 Å². The van der Waals surface area contributed by atoms with Gasteiger partial charge >= 0.3 is 0 Å². The van der Waals surface area contributed by atoms with Crippen LogP contribution in [0.15, 0.2) is 30.6 Å². The minimum atomic E-state index is -0.283. The van der Waals surface area contributed by atoms with Gasteiger partial charge in [-0.05, 0) is 49.8 Å². The molecule has 4 nitrogen and oxygen atoms in total. The largest absolute Gasteiger partial charge is 0.490 e. The minimum absolute atomic E-state index is 0.243. The number of hydrogen-bond donors (Lipinski definition) is 1. The molecule has 1 aromatic carbocycles. The van der Waals surface area contributed by atoms with Crippen LogP contribution in [0.1, 0.15) is 48.5 Å². The van der Waals surface area contributed by atoms with Crippen LogP contribution < -0.4 is 10.1 Å². The standard InChI is InChI=1S/C19H20Cl2N2O2/c1-2-12-7-8-13(9-17(12)25-14-5-3-4-6-14)19(24)23-18-15(20)10-22-11-16(18)21/h7-11,14H,2-6H2,1H3,(H,22,23,24). The van der Waals surface area contributed by atoms with Crippen LogP contribution in [0.2, 0.25) is 10.0 Å². The number of pyridine rings is 1. The van der Waals surface area contributed by atoms with E-state index in [9.17, 15) is 4.79 Å². The predicted octanol–water partition coefficient (Wildman–Crippen LogP) is 5.52. The van der Waals surface area contributed by atoms with Gasteiger partial charge in [-0.2, -0.15) is 0 Å². The zero-order valence-electron chi connectivity index (χ0n) is 14.0. The Labute approximate surface area is 157 Å². The van der Waals surface area contributed by atoms with Crippen LogP contribution in [0.3, 0.4) is 0 Å². The lowest BCUT2D eigenvalue weighted by Crippen LogP contribution is -2.15. The zero-order chi connectivity index (χ0) is 17.8. The molecule has 0 radical (unpaired) electrons. The van der Waals surface area contributed by atoms with Crippen LogP contribution in [-0.4, -0.2) is 17.0 Å². The second-order valence-corrected chi connectivity index (χ2v) is 6.95. The molecule has 1 heterocycles. The topological polar surface area (TPSA) is 51.2 Å². The third-order valence-corrected chi connectivity index (χ3v) is 4.97. The summed E-state index contributed by atoms with van der Waals surface area (Å²) in [5.74, 6) is 0.503. The van der Waals surface area contributed by atoms with Crippen molar-refractivity contribution in [3.8, 4) is 5.75 Å². The molecule has 0 aliphatic heterocycles. The maximum atomic E-state index is 12.6. The fourth-order valence-corrected chi connectivity index (χ4v) is 3.46. The average molecular weight is 379 g/mol.